The Kier molecular flexibility index (Phi) is 4.17. The number of aromatic hydroxyl groups is 1. The van der Waals surface area contributed by atoms with Crippen LogP contribution in [0.5, 0.6) is 17.2 Å². The van der Waals surface area contributed by atoms with Crippen molar-refractivity contribution in [1.82, 2.24) is 0 Å². The highest BCUT2D eigenvalue weighted by molar-refractivity contribution is 5.74. The van der Waals surface area contributed by atoms with Crippen molar-refractivity contribution in [3.63, 3.8) is 0 Å². The largest absolute Gasteiger partial charge is 0.504 e. The lowest BCUT2D eigenvalue weighted by Crippen LogP contribution is -2.20. The van der Waals surface area contributed by atoms with E-state index in [4.69, 9.17) is 20.9 Å². The molecular weight excluding hydrogens is 224 g/mol. The van der Waals surface area contributed by atoms with Gasteiger partial charge in [0.25, 0.3) is 0 Å². The molecule has 6 nitrogen and oxygen atoms in total. The zero-order valence-electron chi connectivity index (χ0n) is 9.77. The SMILES string of the molecule is COc1cc(C(N)CC(N)=O)cc(O)c1OC. The maximum Gasteiger partial charge on any atom is 0.219 e. The Hall–Kier alpha value is -1.95. The number of hydrogen-bond acceptors (Lipinski definition) is 5. The minimum absolute atomic E-state index is 0.00504. The van der Waals surface area contributed by atoms with Gasteiger partial charge in [0.1, 0.15) is 0 Å². The van der Waals surface area contributed by atoms with E-state index in [-0.39, 0.29) is 17.9 Å². The second-order valence-corrected chi connectivity index (χ2v) is 3.55. The molecule has 0 aliphatic carbocycles. The average molecular weight is 240 g/mol. The van der Waals surface area contributed by atoms with Crippen molar-refractivity contribution in [2.45, 2.75) is 12.5 Å². The van der Waals surface area contributed by atoms with Crippen LogP contribution in [0.1, 0.15) is 18.0 Å². The fraction of sp³-hybridized carbons (Fsp3) is 0.364. The Bertz CT molecular complexity index is 420. The Morgan fingerprint density at radius 2 is 2.06 bits per heavy atom. The lowest BCUT2D eigenvalue weighted by atomic mass is 10.0. The molecule has 0 aliphatic heterocycles. The number of benzene rings is 1. The van der Waals surface area contributed by atoms with Crippen molar-refractivity contribution in [3.8, 4) is 17.2 Å². The zero-order valence-corrected chi connectivity index (χ0v) is 9.77. The highest BCUT2D eigenvalue weighted by Gasteiger charge is 2.16. The second-order valence-electron chi connectivity index (χ2n) is 3.55. The van der Waals surface area contributed by atoms with Gasteiger partial charge in [-0.3, -0.25) is 4.79 Å². The van der Waals surface area contributed by atoms with E-state index < -0.39 is 11.9 Å². The fourth-order valence-corrected chi connectivity index (χ4v) is 1.51. The number of amides is 1. The summed E-state index contributed by atoms with van der Waals surface area (Å²) in [5.41, 5.74) is 11.4. The van der Waals surface area contributed by atoms with Crippen molar-refractivity contribution in [2.24, 2.45) is 11.5 Å². The highest BCUT2D eigenvalue weighted by Crippen LogP contribution is 2.38. The number of carbonyl (C=O) groups excluding carboxylic acids is 1. The van der Waals surface area contributed by atoms with Crippen LogP contribution in [0.3, 0.4) is 0 Å². The monoisotopic (exact) mass is 240 g/mol. The Morgan fingerprint density at radius 3 is 2.53 bits per heavy atom. The minimum Gasteiger partial charge on any atom is -0.504 e. The Morgan fingerprint density at radius 1 is 1.41 bits per heavy atom. The lowest BCUT2D eigenvalue weighted by Gasteiger charge is -2.15. The summed E-state index contributed by atoms with van der Waals surface area (Å²) in [6, 6.07) is 2.44. The summed E-state index contributed by atoms with van der Waals surface area (Å²) >= 11 is 0. The summed E-state index contributed by atoms with van der Waals surface area (Å²) < 4.78 is 10.0. The van der Waals surface area contributed by atoms with Gasteiger partial charge < -0.3 is 26.0 Å². The molecule has 6 heteroatoms. The summed E-state index contributed by atoms with van der Waals surface area (Å²) in [5.74, 6) is -0.0292. The number of rotatable bonds is 5. The van der Waals surface area contributed by atoms with Gasteiger partial charge in [-0.1, -0.05) is 0 Å². The molecule has 17 heavy (non-hydrogen) atoms. The van der Waals surface area contributed by atoms with Gasteiger partial charge in [0.15, 0.2) is 11.5 Å². The predicted molar refractivity (Wildman–Crippen MR) is 62.0 cm³/mol. The quantitative estimate of drug-likeness (QED) is 0.685. The first kappa shape index (κ1) is 13.1. The molecule has 1 rings (SSSR count). The van der Waals surface area contributed by atoms with Gasteiger partial charge in [-0.2, -0.15) is 0 Å². The second kappa shape index (κ2) is 5.40. The van der Waals surface area contributed by atoms with E-state index in [0.717, 1.165) is 0 Å². The summed E-state index contributed by atoms with van der Waals surface area (Å²) in [7, 11) is 2.86. The van der Waals surface area contributed by atoms with E-state index in [1.807, 2.05) is 0 Å². The van der Waals surface area contributed by atoms with Crippen LogP contribution >= 0.6 is 0 Å². The molecule has 5 N–H and O–H groups in total. The molecule has 0 aromatic heterocycles. The number of phenolic OH excluding ortho intramolecular Hbond substituents is 1. The molecular formula is C11H16N2O4. The molecule has 1 amide bonds. The number of phenols is 1. The van der Waals surface area contributed by atoms with Gasteiger partial charge in [-0.05, 0) is 17.7 Å². The summed E-state index contributed by atoms with van der Waals surface area (Å²) in [5, 5.41) is 9.71. The van der Waals surface area contributed by atoms with Crippen LogP contribution in [-0.4, -0.2) is 25.2 Å². The van der Waals surface area contributed by atoms with E-state index in [9.17, 15) is 9.90 Å². The van der Waals surface area contributed by atoms with Crippen molar-refractivity contribution in [3.05, 3.63) is 17.7 Å². The number of carbonyl (C=O) groups is 1. The predicted octanol–water partition coefficient (Wildman–Crippen LogP) is 0.285. The topological polar surface area (TPSA) is 108 Å². The Labute approximate surface area is 99.1 Å². The molecule has 0 spiro atoms. The lowest BCUT2D eigenvalue weighted by molar-refractivity contribution is -0.118. The van der Waals surface area contributed by atoms with Crippen LogP contribution in [0.2, 0.25) is 0 Å². The molecule has 1 aromatic carbocycles. The van der Waals surface area contributed by atoms with Crippen LogP contribution in [0.25, 0.3) is 0 Å². The first-order valence-corrected chi connectivity index (χ1v) is 4.98. The molecule has 1 aromatic rings. The molecule has 0 radical (unpaired) electrons. The summed E-state index contributed by atoms with van der Waals surface area (Å²) in [4.78, 5) is 10.8. The van der Waals surface area contributed by atoms with E-state index >= 15 is 0 Å². The van der Waals surface area contributed by atoms with Crippen LogP contribution in [0.4, 0.5) is 0 Å². The maximum atomic E-state index is 10.8. The molecule has 0 fully saturated rings. The standard InChI is InChI=1S/C11H16N2O4/c1-16-9-4-6(7(12)5-10(13)15)3-8(14)11(9)17-2/h3-4,7,14H,5,12H2,1-2H3,(H2,13,15). The first-order chi connectivity index (χ1) is 7.99. The fourth-order valence-electron chi connectivity index (χ4n) is 1.51. The van der Waals surface area contributed by atoms with Gasteiger partial charge in [0.2, 0.25) is 11.7 Å². The first-order valence-electron chi connectivity index (χ1n) is 4.98. The molecule has 1 atom stereocenters. The number of hydrogen-bond donors (Lipinski definition) is 3. The Balaban J connectivity index is 3.10. The van der Waals surface area contributed by atoms with Crippen LogP contribution < -0.4 is 20.9 Å². The van der Waals surface area contributed by atoms with E-state index in [0.29, 0.717) is 11.3 Å². The van der Waals surface area contributed by atoms with Gasteiger partial charge >= 0.3 is 0 Å². The van der Waals surface area contributed by atoms with Crippen LogP contribution in [0, 0.1) is 0 Å². The molecule has 1 unspecified atom stereocenters. The summed E-state index contributed by atoms with van der Waals surface area (Å²) in [6.07, 6.45) is -0.00504. The molecule has 0 heterocycles. The van der Waals surface area contributed by atoms with Crippen LogP contribution in [-0.2, 0) is 4.79 Å². The molecule has 0 aliphatic rings. The third kappa shape index (κ3) is 3.01. The van der Waals surface area contributed by atoms with Gasteiger partial charge in [0, 0.05) is 12.5 Å². The normalized spacial score (nSPS) is 11.9. The minimum atomic E-state index is -0.585. The highest BCUT2D eigenvalue weighted by atomic mass is 16.5. The van der Waals surface area contributed by atoms with E-state index in [2.05, 4.69) is 0 Å². The zero-order chi connectivity index (χ0) is 13.0. The molecule has 0 saturated carbocycles. The molecule has 0 bridgehead atoms. The van der Waals surface area contributed by atoms with Gasteiger partial charge in [0.05, 0.1) is 14.2 Å². The van der Waals surface area contributed by atoms with Gasteiger partial charge in [-0.15, -0.1) is 0 Å². The third-order valence-electron chi connectivity index (χ3n) is 2.33. The average Bonchev–Trinajstić information content (AvgIpc) is 2.26. The van der Waals surface area contributed by atoms with Crippen LogP contribution in [0.15, 0.2) is 12.1 Å². The maximum absolute atomic E-state index is 10.8. The van der Waals surface area contributed by atoms with Crippen molar-refractivity contribution < 1.29 is 19.4 Å². The number of methoxy groups -OCH3 is 2. The number of ether oxygens (including phenoxy) is 2. The molecule has 0 saturated heterocycles. The number of nitrogens with two attached hydrogens (primary N) is 2. The van der Waals surface area contributed by atoms with Crippen molar-refractivity contribution in [1.29, 1.82) is 0 Å². The van der Waals surface area contributed by atoms with Crippen molar-refractivity contribution in [2.75, 3.05) is 14.2 Å². The van der Waals surface area contributed by atoms with Gasteiger partial charge in [-0.25, -0.2) is 0 Å². The van der Waals surface area contributed by atoms with Crippen molar-refractivity contribution >= 4 is 5.91 Å². The third-order valence-corrected chi connectivity index (χ3v) is 2.33. The smallest absolute Gasteiger partial charge is 0.219 e. The molecule has 94 valence electrons. The summed E-state index contributed by atoms with van der Waals surface area (Å²) in [6.45, 7) is 0. The van der Waals surface area contributed by atoms with E-state index in [1.54, 1.807) is 6.07 Å². The van der Waals surface area contributed by atoms with E-state index in [1.165, 1.54) is 20.3 Å². The number of primary amides is 1.